The topological polar surface area (TPSA) is 655 Å². The van der Waals surface area contributed by atoms with Crippen molar-refractivity contribution in [1.82, 2.24) is 24.5 Å². The molecule has 0 saturated heterocycles. The van der Waals surface area contributed by atoms with Crippen LogP contribution in [-0.4, -0.2) is 168 Å². The summed E-state index contributed by atoms with van der Waals surface area (Å²) in [4.78, 5) is 68.0. The van der Waals surface area contributed by atoms with E-state index in [0.29, 0.717) is 27.9 Å². The third kappa shape index (κ3) is 19.3. The van der Waals surface area contributed by atoms with E-state index in [-0.39, 0.29) is 128 Å². The number of aryl methyl sites for hydroxylation is 5. The van der Waals surface area contributed by atoms with Gasteiger partial charge in [0.05, 0.1) is 183 Å². The maximum atomic E-state index is 12.1. The number of methoxy groups -OCH3 is 5. The van der Waals surface area contributed by atoms with E-state index < -0.39 is 117 Å². The summed E-state index contributed by atoms with van der Waals surface area (Å²) >= 11 is 0. The van der Waals surface area contributed by atoms with Gasteiger partial charge in [-0.05, 0) is 97.2 Å². The Balaban J connectivity index is 0.000000182. The van der Waals surface area contributed by atoms with Gasteiger partial charge in [0.15, 0.2) is 0 Å². The van der Waals surface area contributed by atoms with Crippen molar-refractivity contribution in [2.24, 2.45) is 85.3 Å². The maximum Gasteiger partial charge on any atom is 0.409 e. The van der Waals surface area contributed by atoms with Crippen LogP contribution in [0.5, 0.6) is 0 Å². The molecule has 143 heavy (non-hydrogen) atoms. The molecule has 0 bridgehead atoms. The molecule has 5 aliphatic carbocycles. The number of nitrogens with two attached hydrogens (primary N) is 5. The fourth-order valence-corrected chi connectivity index (χ4v) is 20.8. The summed E-state index contributed by atoms with van der Waals surface area (Å²) in [6.07, 6.45) is 5.97. The van der Waals surface area contributed by atoms with Crippen molar-refractivity contribution in [1.29, 1.82) is 78.9 Å². The summed E-state index contributed by atoms with van der Waals surface area (Å²) in [6, 6.07) is 69.2. The Morgan fingerprint density at radius 1 is 0.294 bits per heavy atom. The van der Waals surface area contributed by atoms with Crippen LogP contribution in [0.3, 0.4) is 0 Å². The second-order valence-electron chi connectivity index (χ2n) is 35.0. The van der Waals surface area contributed by atoms with Crippen LogP contribution in [-0.2, 0) is 23.7 Å². The molecule has 720 valence electrons. The van der Waals surface area contributed by atoms with Crippen LogP contribution in [0.15, 0.2) is 236 Å². The minimum absolute atomic E-state index is 0.0273. The molecule has 0 saturated carbocycles. The molecule has 15 rings (SSSR count). The normalized spacial score (nSPS) is 22.5. The van der Waals surface area contributed by atoms with E-state index in [9.17, 15) is 103 Å². The predicted octanol–water partition coefficient (Wildman–Crippen LogP) is 12.4. The molecule has 5 aromatic carbocycles. The van der Waals surface area contributed by atoms with Gasteiger partial charge in [0.2, 0.25) is 27.1 Å². The Morgan fingerprint density at radius 3 is 0.545 bits per heavy atom. The van der Waals surface area contributed by atoms with E-state index in [4.69, 9.17) is 57.5 Å². The number of carbonyl (C=O) groups excluding carboxylic acids is 5. The van der Waals surface area contributed by atoms with Crippen molar-refractivity contribution in [3.8, 4) is 91.0 Å². The second-order valence-corrected chi connectivity index (χ2v) is 35.0. The number of hydrogen-bond donors (Lipinski definition) is 6. The molecule has 36 heteroatoms. The van der Waals surface area contributed by atoms with Crippen molar-refractivity contribution < 1.29 is 52.8 Å². The number of nitriles is 15. The van der Waals surface area contributed by atoms with Gasteiger partial charge in [-0.2, -0.15) is 78.9 Å². The number of amides is 5. The van der Waals surface area contributed by atoms with Crippen LogP contribution < -0.4 is 28.7 Å². The largest absolute Gasteiger partial charge is 0.453 e. The molecule has 0 fully saturated rings. The van der Waals surface area contributed by atoms with Gasteiger partial charge in [-0.3, -0.25) is 0 Å². The Kier molecular flexibility index (Phi) is 33.4. The van der Waals surface area contributed by atoms with E-state index >= 15 is 0 Å². The number of benzene rings is 5. The zero-order chi connectivity index (χ0) is 105. The van der Waals surface area contributed by atoms with E-state index in [1.165, 1.54) is 60.0 Å². The fourth-order valence-electron chi connectivity index (χ4n) is 20.8. The number of rotatable bonds is 5. The van der Waals surface area contributed by atoms with Gasteiger partial charge < -0.3 is 82.0 Å². The minimum Gasteiger partial charge on any atom is -0.453 e. The van der Waals surface area contributed by atoms with Crippen molar-refractivity contribution in [2.45, 2.75) is 71.1 Å². The first-order valence-electron chi connectivity index (χ1n) is 44.8. The summed E-state index contributed by atoms with van der Waals surface area (Å²) in [5, 5.41) is 155. The minimum atomic E-state index is -1.71. The van der Waals surface area contributed by atoms with Crippen molar-refractivity contribution in [2.75, 3.05) is 108 Å². The average Bonchev–Trinajstić information content (AvgIpc) is 0.743. The zero-order valence-corrected chi connectivity index (χ0v) is 80.3. The average molecular weight is 1910 g/mol. The summed E-state index contributed by atoms with van der Waals surface area (Å²) < 4.78 is 24.2. The van der Waals surface area contributed by atoms with Gasteiger partial charge in [-0.15, -0.1) is 0 Å². The highest BCUT2D eigenvalue weighted by Crippen LogP contribution is 2.59. The molecular formula is C107H101N25O11. The molecule has 36 nitrogen and oxygen atoms in total. The lowest BCUT2D eigenvalue weighted by Gasteiger charge is -2.44. The van der Waals surface area contributed by atoms with Crippen LogP contribution in [0.4, 0.5) is 24.0 Å². The first kappa shape index (κ1) is 106. The lowest BCUT2D eigenvalue weighted by Crippen LogP contribution is -2.48. The number of ether oxygens (including phenoxy) is 5. The van der Waals surface area contributed by atoms with Crippen LogP contribution in [0, 0.1) is 261 Å². The first-order valence-corrected chi connectivity index (χ1v) is 44.8. The number of allylic oxidation sites excluding steroid dienone is 10. The van der Waals surface area contributed by atoms with Crippen molar-refractivity contribution >= 4 is 30.5 Å². The maximum absolute atomic E-state index is 12.1. The Hall–Kier alpha value is -18.8. The molecule has 5 aliphatic heterocycles. The van der Waals surface area contributed by atoms with Gasteiger partial charge in [0.1, 0.15) is 0 Å². The summed E-state index contributed by atoms with van der Waals surface area (Å²) in [5.41, 5.74) is 35.6. The van der Waals surface area contributed by atoms with Crippen LogP contribution >= 0.6 is 0 Å². The number of nitrogens with zero attached hydrogens (tertiary/aromatic N) is 20. The fraction of sp³-hybridized carbons (Fsp3) is 0.346. The Labute approximate surface area is 828 Å². The quantitative estimate of drug-likeness (QED) is 0.0703. The molecule has 0 aromatic heterocycles. The summed E-state index contributed by atoms with van der Waals surface area (Å²) in [6.45, 7) is 13.8. The highest BCUT2D eigenvalue weighted by molar-refractivity contribution is 5.74. The molecular weight excluding hydrogens is 1810 g/mol. The summed E-state index contributed by atoms with van der Waals surface area (Å²) in [7, 11) is 6.50. The molecule has 10 atom stereocenters. The van der Waals surface area contributed by atoms with Crippen molar-refractivity contribution in [3.63, 3.8) is 0 Å². The smallest absolute Gasteiger partial charge is 0.409 e. The molecule has 5 aromatic rings. The Morgan fingerprint density at radius 2 is 0.434 bits per heavy atom. The van der Waals surface area contributed by atoms with Gasteiger partial charge in [0.25, 0.3) is 0 Å². The molecule has 0 radical (unpaired) electrons. The van der Waals surface area contributed by atoms with Crippen LogP contribution in [0.2, 0.25) is 0 Å². The number of aliphatic hydroxyl groups is 1. The van der Waals surface area contributed by atoms with Gasteiger partial charge >= 0.3 is 30.5 Å². The van der Waals surface area contributed by atoms with E-state index in [2.05, 4.69) is 30.3 Å². The monoisotopic (exact) mass is 1910 g/mol. The highest BCUT2D eigenvalue weighted by atomic mass is 16.6. The third-order valence-corrected chi connectivity index (χ3v) is 27.4. The lowest BCUT2D eigenvalue weighted by atomic mass is 9.60. The lowest BCUT2D eigenvalue weighted by molar-refractivity contribution is 0.116. The van der Waals surface area contributed by atoms with E-state index in [0.717, 1.165) is 55.6 Å². The molecule has 5 heterocycles. The molecule has 5 amide bonds. The zero-order valence-electron chi connectivity index (χ0n) is 80.3. The highest BCUT2D eigenvalue weighted by Gasteiger charge is 2.59. The standard InChI is InChI=1S/5C21H19N5O2.C2H6O/c5*1-13-4-3-5-14(8-13)18-15(9-22)19(25)21(11-23,12-24)17-6-7-26(10-16(17)18)20(27)28-2;1-2-3/h5*3-6,8,16,18H,7,10,25H2,1-2H3;3H,2H2,1H3. The van der Waals surface area contributed by atoms with Crippen LogP contribution in [0.25, 0.3) is 0 Å². The molecule has 10 unspecified atom stereocenters. The van der Waals surface area contributed by atoms with Crippen molar-refractivity contribution in [3.05, 3.63) is 292 Å². The third-order valence-electron chi connectivity index (χ3n) is 27.4. The van der Waals surface area contributed by atoms with Crippen LogP contribution in [0.1, 0.15) is 92.1 Å². The summed E-state index contributed by atoms with van der Waals surface area (Å²) in [5.74, 6) is -4.47. The van der Waals surface area contributed by atoms with Gasteiger partial charge in [0, 0.05) is 131 Å². The molecule has 11 N–H and O–H groups in total. The molecule has 0 spiro atoms. The number of aliphatic hydroxyl groups excluding tert-OH is 1. The van der Waals surface area contributed by atoms with Gasteiger partial charge in [-0.25, -0.2) is 24.0 Å². The SMILES string of the molecule is CCO.COC(=O)N1CC=C2C(C1)C(c1cccc(C)c1)C(C#N)=C(N)C2(C#N)C#N.COC(=O)N1CC=C2C(C1)C(c1cccc(C)c1)C(C#N)=C(N)C2(C#N)C#N.COC(=O)N1CC=C2C(C1)C(c1cccc(C)c1)C(C#N)=C(N)C2(C#N)C#N.COC(=O)N1CC=C2C(C1)C(c1cccc(C)c1)C(C#N)=C(N)C2(C#N)C#N.COC(=O)N1CC=C2C(C1)C(c1cccc(C)c1)C(C#N)=C(N)C2(C#N)C#N. The Bertz CT molecular complexity index is 6010. The molecule has 10 aliphatic rings. The van der Waals surface area contributed by atoms with E-state index in [1.807, 2.05) is 217 Å². The second kappa shape index (κ2) is 45.0. The first-order chi connectivity index (χ1) is 68.6. The van der Waals surface area contributed by atoms with Gasteiger partial charge in [-0.1, -0.05) is 180 Å². The number of fused-ring (bicyclic) bond motifs is 5. The number of hydrogen-bond acceptors (Lipinski definition) is 31. The number of carbonyl (C=O) groups is 5. The van der Waals surface area contributed by atoms with E-state index in [1.54, 1.807) is 37.3 Å². The predicted molar refractivity (Wildman–Crippen MR) is 513 cm³/mol.